The molecular weight excluding hydrogens is 383 g/mol. The summed E-state index contributed by atoms with van der Waals surface area (Å²) in [4.78, 5) is 25.0. The van der Waals surface area contributed by atoms with Gasteiger partial charge in [0.25, 0.3) is 5.91 Å². The Morgan fingerprint density at radius 1 is 1.23 bits per heavy atom. The number of carbonyl (C=O) groups excluding carboxylic acids is 2. The Morgan fingerprint density at radius 2 is 1.92 bits per heavy atom. The molecule has 1 atom stereocenters. The van der Waals surface area contributed by atoms with Gasteiger partial charge in [-0.15, -0.1) is 11.8 Å². The van der Waals surface area contributed by atoms with Gasteiger partial charge in [0.05, 0.1) is 10.9 Å². The van der Waals surface area contributed by atoms with Crippen molar-refractivity contribution in [1.29, 1.82) is 0 Å². The van der Waals surface area contributed by atoms with Crippen LogP contribution in [0.25, 0.3) is 0 Å². The van der Waals surface area contributed by atoms with Gasteiger partial charge in [-0.2, -0.15) is 8.42 Å². The Balaban J connectivity index is 1.72. The zero-order chi connectivity index (χ0) is 18.9. The first-order chi connectivity index (χ1) is 12.2. The summed E-state index contributed by atoms with van der Waals surface area (Å²) in [6.45, 7) is 1.80. The third-order valence-corrected chi connectivity index (χ3v) is 5.05. The van der Waals surface area contributed by atoms with E-state index in [1.54, 1.807) is 25.1 Å². The first-order valence-corrected chi connectivity index (χ1v) is 9.57. The van der Waals surface area contributed by atoms with E-state index in [9.17, 15) is 21.9 Å². The number of hydrogen-bond donors (Lipinski definition) is 2. The fourth-order valence-corrected chi connectivity index (χ4v) is 3.53. The molecule has 26 heavy (non-hydrogen) atoms. The average Bonchev–Trinajstić information content (AvgIpc) is 2.56. The Labute approximate surface area is 153 Å². The van der Waals surface area contributed by atoms with Gasteiger partial charge in [-0.3, -0.25) is 9.59 Å². The smallest absolute Gasteiger partial charge is 0.358 e. The minimum absolute atomic E-state index is 0.126. The van der Waals surface area contributed by atoms with Gasteiger partial charge in [0.2, 0.25) is 5.91 Å². The number of hydrogen-bond acceptors (Lipinski definition) is 6. The number of benzene rings is 2. The van der Waals surface area contributed by atoms with E-state index in [0.717, 1.165) is 4.90 Å². The lowest BCUT2D eigenvalue weighted by atomic mass is 10.1. The molecule has 0 bridgehead atoms. The molecular formula is C16H13FN2O5S2. The number of fused-ring (bicyclic) bond motifs is 1. The molecule has 1 heterocycles. The van der Waals surface area contributed by atoms with Gasteiger partial charge in [0.1, 0.15) is 5.75 Å². The van der Waals surface area contributed by atoms with Crippen molar-refractivity contribution in [3.8, 4) is 5.75 Å². The highest BCUT2D eigenvalue weighted by Crippen LogP contribution is 2.36. The van der Waals surface area contributed by atoms with E-state index < -0.39 is 16.4 Å². The van der Waals surface area contributed by atoms with Crippen molar-refractivity contribution in [2.45, 2.75) is 17.1 Å². The summed E-state index contributed by atoms with van der Waals surface area (Å²) in [5.74, 6) is -0.760. The van der Waals surface area contributed by atoms with Crippen molar-refractivity contribution >= 4 is 45.5 Å². The van der Waals surface area contributed by atoms with Gasteiger partial charge in [-0.25, -0.2) is 0 Å². The molecule has 2 amide bonds. The van der Waals surface area contributed by atoms with Crippen LogP contribution < -0.4 is 14.8 Å². The molecule has 0 aliphatic carbocycles. The zero-order valence-corrected chi connectivity index (χ0v) is 15.0. The van der Waals surface area contributed by atoms with Crippen molar-refractivity contribution < 1.29 is 26.1 Å². The molecule has 2 aromatic rings. The SMILES string of the molecule is CC1Sc2ccc(C(=O)Nc3ccc(OS(=O)(=O)F)cc3)cc2NC1=O. The lowest BCUT2D eigenvalue weighted by Crippen LogP contribution is -2.26. The highest BCUT2D eigenvalue weighted by atomic mass is 32.3. The molecule has 3 rings (SSSR count). The van der Waals surface area contributed by atoms with Crippen LogP contribution in [0, 0.1) is 0 Å². The third kappa shape index (κ3) is 4.33. The molecule has 0 fully saturated rings. The van der Waals surface area contributed by atoms with Crippen LogP contribution in [0.1, 0.15) is 17.3 Å². The summed E-state index contributed by atoms with van der Waals surface area (Å²) in [5.41, 5.74) is 1.27. The Morgan fingerprint density at radius 3 is 2.58 bits per heavy atom. The quantitative estimate of drug-likeness (QED) is 0.771. The van der Waals surface area contributed by atoms with Gasteiger partial charge in [-0.1, -0.05) is 3.89 Å². The highest BCUT2D eigenvalue weighted by molar-refractivity contribution is 8.01. The summed E-state index contributed by atoms with van der Waals surface area (Å²) in [6, 6.07) is 10.1. The third-order valence-electron chi connectivity index (χ3n) is 3.48. The summed E-state index contributed by atoms with van der Waals surface area (Å²) >= 11 is 1.41. The minimum Gasteiger partial charge on any atom is -0.358 e. The molecule has 7 nitrogen and oxygen atoms in total. The predicted octanol–water partition coefficient (Wildman–Crippen LogP) is 2.96. The first kappa shape index (κ1) is 18.2. The topological polar surface area (TPSA) is 102 Å². The van der Waals surface area contributed by atoms with Crippen LogP contribution in [0.3, 0.4) is 0 Å². The number of anilines is 2. The normalized spacial score (nSPS) is 16.4. The second-order valence-corrected chi connectivity index (χ2v) is 7.75. The van der Waals surface area contributed by atoms with E-state index in [-0.39, 0.29) is 16.9 Å². The Bertz CT molecular complexity index is 977. The van der Waals surface area contributed by atoms with Crippen LogP contribution >= 0.6 is 11.8 Å². The molecule has 2 aromatic carbocycles. The molecule has 1 unspecified atom stereocenters. The second-order valence-electron chi connectivity index (χ2n) is 5.42. The number of halogens is 1. The van der Waals surface area contributed by atoms with Gasteiger partial charge < -0.3 is 14.8 Å². The summed E-state index contributed by atoms with van der Waals surface area (Å²) in [7, 11) is -5.10. The van der Waals surface area contributed by atoms with E-state index in [1.807, 2.05) is 0 Å². The highest BCUT2D eigenvalue weighted by Gasteiger charge is 2.23. The fourth-order valence-electron chi connectivity index (χ4n) is 2.26. The van der Waals surface area contributed by atoms with Gasteiger partial charge >= 0.3 is 10.5 Å². The van der Waals surface area contributed by atoms with Crippen molar-refractivity contribution in [3.63, 3.8) is 0 Å². The maximum Gasteiger partial charge on any atom is 0.488 e. The summed E-state index contributed by atoms with van der Waals surface area (Å²) in [6.07, 6.45) is 0. The van der Waals surface area contributed by atoms with Crippen molar-refractivity contribution in [1.82, 2.24) is 0 Å². The maximum atomic E-state index is 12.4. The van der Waals surface area contributed by atoms with Crippen molar-refractivity contribution in [3.05, 3.63) is 48.0 Å². The fraction of sp³-hybridized carbons (Fsp3) is 0.125. The number of amides is 2. The van der Waals surface area contributed by atoms with Crippen LogP contribution in [0.15, 0.2) is 47.4 Å². The molecule has 0 saturated heterocycles. The van der Waals surface area contributed by atoms with Gasteiger partial charge in [-0.05, 0) is 49.4 Å². The molecule has 1 aliphatic rings. The van der Waals surface area contributed by atoms with E-state index in [2.05, 4.69) is 14.8 Å². The standard InChI is InChI=1S/C16H13FN2O5S2/c1-9-15(20)19-13-8-10(2-7-14(13)25-9)16(21)18-11-3-5-12(6-4-11)24-26(17,22)23/h2-9H,1H3,(H,18,21)(H,19,20). The summed E-state index contributed by atoms with van der Waals surface area (Å²) in [5, 5.41) is 5.17. The second kappa shape index (κ2) is 6.96. The van der Waals surface area contributed by atoms with Crippen molar-refractivity contribution in [2.75, 3.05) is 10.6 Å². The largest absolute Gasteiger partial charge is 0.488 e. The number of thioether (sulfide) groups is 1. The van der Waals surface area contributed by atoms with E-state index in [1.165, 1.54) is 36.0 Å². The predicted molar refractivity (Wildman–Crippen MR) is 95.4 cm³/mol. The Kier molecular flexibility index (Phi) is 4.88. The molecule has 0 radical (unpaired) electrons. The molecule has 1 aliphatic heterocycles. The van der Waals surface area contributed by atoms with Gasteiger partial charge in [0.15, 0.2) is 0 Å². The van der Waals surface area contributed by atoms with E-state index in [4.69, 9.17) is 0 Å². The average molecular weight is 396 g/mol. The van der Waals surface area contributed by atoms with Crippen LogP contribution in [0.4, 0.5) is 15.3 Å². The maximum absolute atomic E-state index is 12.4. The lowest BCUT2D eigenvalue weighted by molar-refractivity contribution is -0.115. The van der Waals surface area contributed by atoms with Crippen LogP contribution in [0.2, 0.25) is 0 Å². The lowest BCUT2D eigenvalue weighted by Gasteiger charge is -2.21. The molecule has 0 spiro atoms. The molecule has 0 saturated carbocycles. The van der Waals surface area contributed by atoms with Crippen molar-refractivity contribution in [2.24, 2.45) is 0 Å². The van der Waals surface area contributed by atoms with Crippen LogP contribution in [0.5, 0.6) is 5.75 Å². The Hall–Kier alpha value is -2.59. The minimum atomic E-state index is -5.10. The van der Waals surface area contributed by atoms with Gasteiger partial charge in [0, 0.05) is 16.1 Å². The van der Waals surface area contributed by atoms with E-state index >= 15 is 0 Å². The van der Waals surface area contributed by atoms with Crippen LogP contribution in [-0.4, -0.2) is 25.5 Å². The monoisotopic (exact) mass is 396 g/mol. The number of carbonyl (C=O) groups is 2. The van der Waals surface area contributed by atoms with Crippen LogP contribution in [-0.2, 0) is 15.3 Å². The molecule has 10 heteroatoms. The number of nitrogens with one attached hydrogen (secondary N) is 2. The first-order valence-electron chi connectivity index (χ1n) is 7.38. The summed E-state index contributed by atoms with van der Waals surface area (Å²) < 4.78 is 37.4. The number of rotatable bonds is 4. The molecule has 2 N–H and O–H groups in total. The zero-order valence-electron chi connectivity index (χ0n) is 13.4. The molecule has 136 valence electrons. The molecule has 0 aromatic heterocycles. The van der Waals surface area contributed by atoms with E-state index in [0.29, 0.717) is 16.9 Å².